The van der Waals surface area contributed by atoms with E-state index in [1.165, 1.54) is 32.1 Å². The third-order valence-corrected chi connectivity index (χ3v) is 9.80. The maximum atomic E-state index is 12.3. The van der Waals surface area contributed by atoms with Gasteiger partial charge in [0.2, 0.25) is 0 Å². The molecule has 142 valence electrons. The van der Waals surface area contributed by atoms with E-state index in [0.717, 1.165) is 42.9 Å². The fourth-order valence-electron chi connectivity index (χ4n) is 8.67. The van der Waals surface area contributed by atoms with Crippen molar-refractivity contribution in [1.29, 1.82) is 0 Å². The van der Waals surface area contributed by atoms with Gasteiger partial charge in [0.05, 0.1) is 5.60 Å². The summed E-state index contributed by atoms with van der Waals surface area (Å²) >= 11 is 0. The highest BCUT2D eigenvalue weighted by Crippen LogP contribution is 2.68. The van der Waals surface area contributed by atoms with E-state index < -0.39 is 5.60 Å². The van der Waals surface area contributed by atoms with Crippen LogP contribution >= 0.6 is 0 Å². The largest absolute Gasteiger partial charge is 0.390 e. The minimum atomic E-state index is -0.458. The van der Waals surface area contributed by atoms with E-state index in [9.17, 15) is 9.90 Å². The second kappa shape index (κ2) is 5.57. The van der Waals surface area contributed by atoms with Crippen molar-refractivity contribution in [1.82, 2.24) is 0 Å². The third-order valence-electron chi connectivity index (χ3n) is 9.80. The van der Waals surface area contributed by atoms with Crippen LogP contribution in [0, 0.1) is 46.3 Å². The molecule has 0 radical (unpaired) electrons. The number of Topliss-reactive ketones (excluding diaryl/α,β-unsaturated/α-hetero) is 1. The lowest BCUT2D eigenvalue weighted by molar-refractivity contribution is -0.156. The van der Waals surface area contributed by atoms with Crippen molar-refractivity contribution in [2.24, 2.45) is 46.3 Å². The Bertz CT molecular complexity index is 566. The maximum absolute atomic E-state index is 12.3. The van der Waals surface area contributed by atoms with Crippen LogP contribution in [0.1, 0.15) is 86.0 Å². The van der Waals surface area contributed by atoms with Gasteiger partial charge >= 0.3 is 0 Å². The molecule has 9 atom stereocenters. The molecule has 0 aliphatic heterocycles. The van der Waals surface area contributed by atoms with E-state index in [1.807, 2.05) is 6.92 Å². The quantitative estimate of drug-likeness (QED) is 0.706. The molecule has 0 aromatic rings. The molecule has 0 saturated heterocycles. The molecule has 4 saturated carbocycles. The van der Waals surface area contributed by atoms with Gasteiger partial charge in [-0.25, -0.2) is 0 Å². The van der Waals surface area contributed by atoms with E-state index in [4.69, 9.17) is 0 Å². The number of hydrogen-bond donors (Lipinski definition) is 1. The molecule has 2 heteroatoms. The van der Waals surface area contributed by atoms with Crippen LogP contribution in [0.3, 0.4) is 0 Å². The van der Waals surface area contributed by atoms with Crippen LogP contribution < -0.4 is 0 Å². The number of hydrogen-bond acceptors (Lipinski definition) is 2. The summed E-state index contributed by atoms with van der Waals surface area (Å²) < 4.78 is 0. The molecule has 4 aliphatic rings. The van der Waals surface area contributed by atoms with E-state index >= 15 is 0 Å². The molecule has 4 aliphatic carbocycles. The average Bonchev–Trinajstić information content (AvgIpc) is 2.85. The number of rotatable bonds is 1. The van der Waals surface area contributed by atoms with Gasteiger partial charge in [0.15, 0.2) is 0 Å². The Balaban J connectivity index is 1.64. The molecule has 0 amide bonds. The molecule has 4 rings (SSSR count). The van der Waals surface area contributed by atoms with Crippen molar-refractivity contribution in [2.45, 2.75) is 91.6 Å². The average molecular weight is 347 g/mol. The van der Waals surface area contributed by atoms with E-state index in [2.05, 4.69) is 27.7 Å². The summed E-state index contributed by atoms with van der Waals surface area (Å²) in [7, 11) is 0. The molecule has 2 nitrogen and oxygen atoms in total. The zero-order valence-corrected chi connectivity index (χ0v) is 17.0. The lowest BCUT2D eigenvalue weighted by Crippen LogP contribution is -2.56. The van der Waals surface area contributed by atoms with Crippen LogP contribution in [-0.2, 0) is 4.79 Å². The highest BCUT2D eigenvalue weighted by molar-refractivity contribution is 5.79. The third kappa shape index (κ3) is 2.49. The highest BCUT2D eigenvalue weighted by atomic mass is 16.3. The standard InChI is InChI=1S/C23H38O2/c1-14-12-17-16(20-7-6-18(15(2)24)23(14,20)5)8-10-21(3)13-22(4,25)11-9-19(17)21/h14,16-20,25H,6-13H2,1-5H3/t14-,16-,17+,18-,19-,20+,21-,22-,23-/m1/s1. The monoisotopic (exact) mass is 346 g/mol. The van der Waals surface area contributed by atoms with Gasteiger partial charge in [-0.2, -0.15) is 0 Å². The predicted octanol–water partition coefficient (Wildman–Crippen LogP) is 5.23. The number of carbonyl (C=O) groups is 1. The van der Waals surface area contributed by atoms with Gasteiger partial charge in [-0.1, -0.05) is 20.8 Å². The van der Waals surface area contributed by atoms with E-state index in [-0.39, 0.29) is 5.41 Å². The highest BCUT2D eigenvalue weighted by Gasteiger charge is 2.62. The summed E-state index contributed by atoms with van der Waals surface area (Å²) in [6.45, 7) is 11.2. The Morgan fingerprint density at radius 1 is 0.960 bits per heavy atom. The molecule has 1 N–H and O–H groups in total. The summed E-state index contributed by atoms with van der Waals surface area (Å²) in [4.78, 5) is 12.3. The second-order valence-corrected chi connectivity index (χ2v) is 11.2. The van der Waals surface area contributed by atoms with Crippen LogP contribution in [0.25, 0.3) is 0 Å². The fraction of sp³-hybridized carbons (Fsp3) is 0.957. The Morgan fingerprint density at radius 2 is 1.68 bits per heavy atom. The zero-order chi connectivity index (χ0) is 18.2. The Kier molecular flexibility index (Phi) is 4.01. The van der Waals surface area contributed by atoms with Crippen LogP contribution in [0.2, 0.25) is 0 Å². The van der Waals surface area contributed by atoms with E-state index in [1.54, 1.807) is 0 Å². The van der Waals surface area contributed by atoms with Crippen LogP contribution in [0.15, 0.2) is 0 Å². The fourth-order valence-corrected chi connectivity index (χ4v) is 8.67. The minimum Gasteiger partial charge on any atom is -0.390 e. The summed E-state index contributed by atoms with van der Waals surface area (Å²) in [6, 6.07) is 0. The van der Waals surface area contributed by atoms with Gasteiger partial charge in [-0.05, 0) is 106 Å². The summed E-state index contributed by atoms with van der Waals surface area (Å²) in [5, 5.41) is 10.7. The topological polar surface area (TPSA) is 37.3 Å². The first kappa shape index (κ1) is 18.0. The van der Waals surface area contributed by atoms with Gasteiger partial charge in [0.1, 0.15) is 5.78 Å². The van der Waals surface area contributed by atoms with Crippen molar-refractivity contribution >= 4 is 5.78 Å². The Labute approximate surface area is 154 Å². The van der Waals surface area contributed by atoms with Gasteiger partial charge in [-0.3, -0.25) is 4.79 Å². The summed E-state index contributed by atoms with van der Waals surface area (Å²) in [6.07, 6.45) is 9.48. The van der Waals surface area contributed by atoms with E-state index in [0.29, 0.717) is 23.0 Å². The Hall–Kier alpha value is -0.370. The molecular formula is C23H38O2. The first-order chi connectivity index (χ1) is 11.6. The molecule has 25 heavy (non-hydrogen) atoms. The SMILES string of the molecule is CC(=O)[C@H]1CC[C@H]2[C@@H]3CC[C@]4(C)C[C@](C)(O)CC[C@@H]4[C@H]3C[C@@H](C)[C@]12C. The maximum Gasteiger partial charge on any atom is 0.133 e. The van der Waals surface area contributed by atoms with Gasteiger partial charge in [0.25, 0.3) is 0 Å². The van der Waals surface area contributed by atoms with Crippen LogP contribution in [-0.4, -0.2) is 16.5 Å². The molecule has 0 bridgehead atoms. The second-order valence-electron chi connectivity index (χ2n) is 11.2. The van der Waals surface area contributed by atoms with Crippen molar-refractivity contribution < 1.29 is 9.90 Å². The zero-order valence-electron chi connectivity index (χ0n) is 17.0. The molecule has 0 spiro atoms. The molecule has 0 aromatic carbocycles. The van der Waals surface area contributed by atoms with Crippen LogP contribution in [0.4, 0.5) is 0 Å². The Morgan fingerprint density at radius 3 is 2.36 bits per heavy atom. The lowest BCUT2D eigenvalue weighted by Gasteiger charge is -2.62. The molecule has 0 aromatic heterocycles. The number of fused-ring (bicyclic) bond motifs is 5. The lowest BCUT2D eigenvalue weighted by atomic mass is 9.43. The number of ketones is 1. The first-order valence-electron chi connectivity index (χ1n) is 10.8. The number of carbonyl (C=O) groups excluding carboxylic acids is 1. The summed E-state index contributed by atoms with van der Waals surface area (Å²) in [5.41, 5.74) is 0.107. The van der Waals surface area contributed by atoms with Gasteiger partial charge in [0, 0.05) is 5.92 Å². The number of aliphatic hydroxyl groups is 1. The summed E-state index contributed by atoms with van der Waals surface area (Å²) in [5.74, 6) is 4.58. The first-order valence-corrected chi connectivity index (χ1v) is 10.8. The van der Waals surface area contributed by atoms with Crippen LogP contribution in [0.5, 0.6) is 0 Å². The molecule has 0 unspecified atom stereocenters. The molecular weight excluding hydrogens is 308 g/mol. The van der Waals surface area contributed by atoms with Crippen molar-refractivity contribution in [3.05, 3.63) is 0 Å². The predicted molar refractivity (Wildman–Crippen MR) is 101 cm³/mol. The van der Waals surface area contributed by atoms with Crippen molar-refractivity contribution in [2.75, 3.05) is 0 Å². The van der Waals surface area contributed by atoms with Crippen molar-refractivity contribution in [3.63, 3.8) is 0 Å². The van der Waals surface area contributed by atoms with Crippen molar-refractivity contribution in [3.8, 4) is 0 Å². The minimum absolute atomic E-state index is 0.237. The molecule has 0 heterocycles. The smallest absolute Gasteiger partial charge is 0.133 e. The van der Waals surface area contributed by atoms with Gasteiger partial charge < -0.3 is 5.11 Å². The normalized spacial score (nSPS) is 58.2. The van der Waals surface area contributed by atoms with Gasteiger partial charge in [-0.15, -0.1) is 0 Å². The molecule has 4 fully saturated rings.